The van der Waals surface area contributed by atoms with Crippen LogP contribution in [0.1, 0.15) is 25.8 Å². The second-order valence-corrected chi connectivity index (χ2v) is 5.76. The van der Waals surface area contributed by atoms with Gasteiger partial charge in [0.15, 0.2) is 5.96 Å². The Morgan fingerprint density at radius 1 is 1.08 bits per heavy atom. The average molecular weight is 450 g/mol. The zero-order chi connectivity index (χ0) is 17.1. The lowest BCUT2D eigenvalue weighted by Gasteiger charge is -2.13. The van der Waals surface area contributed by atoms with Crippen molar-refractivity contribution in [1.82, 2.24) is 16.0 Å². The predicted octanol–water partition coefficient (Wildman–Crippen LogP) is 2.31. The van der Waals surface area contributed by atoms with Crippen LogP contribution < -0.4 is 16.0 Å². The molecule has 3 N–H and O–H groups in total. The predicted molar refractivity (Wildman–Crippen MR) is 107 cm³/mol. The van der Waals surface area contributed by atoms with Crippen LogP contribution in [0.2, 0.25) is 0 Å². The lowest BCUT2D eigenvalue weighted by atomic mass is 10.1. The van der Waals surface area contributed by atoms with Crippen molar-refractivity contribution in [2.75, 3.05) is 26.7 Å². The summed E-state index contributed by atoms with van der Waals surface area (Å²) in [5.74, 6) is 1.00. The fourth-order valence-electron chi connectivity index (χ4n) is 1.93. The summed E-state index contributed by atoms with van der Waals surface area (Å²) >= 11 is 0. The number of rotatable bonds is 8. The summed E-state index contributed by atoms with van der Waals surface area (Å²) in [5.41, 5.74) is 0.794. The lowest BCUT2D eigenvalue weighted by molar-refractivity contribution is -0.120. The number of aliphatic imine (C=N–C) groups is 1. The highest BCUT2D eigenvalue weighted by atomic mass is 127. The Morgan fingerprint density at radius 2 is 1.67 bits per heavy atom. The van der Waals surface area contributed by atoms with E-state index in [2.05, 4.69) is 34.8 Å². The fraction of sp³-hybridized carbons (Fsp3) is 0.529. The van der Waals surface area contributed by atoms with Crippen molar-refractivity contribution >= 4 is 35.8 Å². The second kappa shape index (κ2) is 13.0. The Balaban J connectivity index is 0.00000529. The molecular weight excluding hydrogens is 422 g/mol. The molecule has 7 heteroatoms. The third-order valence-corrected chi connectivity index (χ3v) is 3.26. The van der Waals surface area contributed by atoms with Crippen molar-refractivity contribution in [2.24, 2.45) is 10.9 Å². The van der Waals surface area contributed by atoms with Gasteiger partial charge < -0.3 is 16.0 Å². The molecule has 0 spiro atoms. The number of halogens is 2. The molecule has 0 atom stereocenters. The van der Waals surface area contributed by atoms with Crippen molar-refractivity contribution in [3.63, 3.8) is 0 Å². The lowest BCUT2D eigenvalue weighted by Crippen LogP contribution is -2.42. The number of carbonyl (C=O) groups is 1. The van der Waals surface area contributed by atoms with Crippen LogP contribution in [0.3, 0.4) is 0 Å². The highest BCUT2D eigenvalue weighted by molar-refractivity contribution is 14.0. The molecular formula is C17H28FIN4O. The molecule has 0 aromatic heterocycles. The molecule has 0 radical (unpaired) electrons. The van der Waals surface area contributed by atoms with Gasteiger partial charge in [0.2, 0.25) is 5.91 Å². The number of carbonyl (C=O) groups excluding carboxylic acids is 1. The monoisotopic (exact) mass is 450 g/mol. The van der Waals surface area contributed by atoms with E-state index >= 15 is 0 Å². The average Bonchev–Trinajstić information content (AvgIpc) is 2.51. The highest BCUT2D eigenvalue weighted by Crippen LogP contribution is 2.03. The van der Waals surface area contributed by atoms with E-state index in [-0.39, 0.29) is 42.1 Å². The number of hydrogen-bond acceptors (Lipinski definition) is 2. The summed E-state index contributed by atoms with van der Waals surface area (Å²) in [7, 11) is 1.72. The third-order valence-electron chi connectivity index (χ3n) is 3.26. The summed E-state index contributed by atoms with van der Waals surface area (Å²) in [6.45, 7) is 6.32. The molecule has 0 aliphatic rings. The topological polar surface area (TPSA) is 65.5 Å². The van der Waals surface area contributed by atoms with Gasteiger partial charge in [-0.2, -0.15) is 0 Å². The zero-order valence-electron chi connectivity index (χ0n) is 14.6. The van der Waals surface area contributed by atoms with Crippen LogP contribution in [0, 0.1) is 11.7 Å². The molecule has 24 heavy (non-hydrogen) atoms. The van der Waals surface area contributed by atoms with E-state index in [9.17, 15) is 9.18 Å². The van der Waals surface area contributed by atoms with Gasteiger partial charge in [0, 0.05) is 26.7 Å². The Hall–Kier alpha value is -1.38. The Labute approximate surface area is 160 Å². The van der Waals surface area contributed by atoms with Gasteiger partial charge in [-0.1, -0.05) is 26.0 Å². The van der Waals surface area contributed by atoms with Crippen LogP contribution in [0.5, 0.6) is 0 Å². The van der Waals surface area contributed by atoms with Crippen molar-refractivity contribution in [2.45, 2.75) is 26.7 Å². The normalized spacial score (nSPS) is 11.0. The van der Waals surface area contributed by atoms with Gasteiger partial charge in [-0.3, -0.25) is 9.79 Å². The molecule has 0 aliphatic carbocycles. The Morgan fingerprint density at radius 3 is 2.25 bits per heavy atom. The van der Waals surface area contributed by atoms with Gasteiger partial charge in [-0.25, -0.2) is 4.39 Å². The van der Waals surface area contributed by atoms with Crippen LogP contribution in [-0.4, -0.2) is 38.5 Å². The maximum absolute atomic E-state index is 12.8. The van der Waals surface area contributed by atoms with E-state index in [0.717, 1.165) is 24.5 Å². The van der Waals surface area contributed by atoms with Gasteiger partial charge in [0.05, 0.1) is 6.42 Å². The number of benzene rings is 1. The first-order valence-corrected chi connectivity index (χ1v) is 7.97. The first-order valence-electron chi connectivity index (χ1n) is 7.97. The van der Waals surface area contributed by atoms with E-state index in [1.54, 1.807) is 19.2 Å². The molecule has 0 saturated carbocycles. The van der Waals surface area contributed by atoms with Crippen LogP contribution in [0.15, 0.2) is 29.3 Å². The minimum absolute atomic E-state index is 0. The summed E-state index contributed by atoms with van der Waals surface area (Å²) in [6, 6.07) is 5.95. The maximum Gasteiger partial charge on any atom is 0.224 e. The molecule has 0 aliphatic heterocycles. The Kier molecular flexibility index (Phi) is 12.2. The van der Waals surface area contributed by atoms with Gasteiger partial charge >= 0.3 is 0 Å². The van der Waals surface area contributed by atoms with Crippen molar-refractivity contribution in [3.05, 3.63) is 35.6 Å². The van der Waals surface area contributed by atoms with E-state index in [1.165, 1.54) is 12.1 Å². The van der Waals surface area contributed by atoms with Crippen LogP contribution in [0.25, 0.3) is 0 Å². The molecule has 136 valence electrons. The van der Waals surface area contributed by atoms with Crippen molar-refractivity contribution < 1.29 is 9.18 Å². The highest BCUT2D eigenvalue weighted by Gasteiger charge is 2.03. The molecule has 1 aromatic rings. The number of nitrogens with one attached hydrogen (secondary N) is 3. The quantitative estimate of drug-likeness (QED) is 0.247. The third kappa shape index (κ3) is 10.4. The van der Waals surface area contributed by atoms with E-state index in [0.29, 0.717) is 19.0 Å². The van der Waals surface area contributed by atoms with Crippen LogP contribution in [0.4, 0.5) is 4.39 Å². The SMILES string of the molecule is CN=C(NCCNC(=O)Cc1ccc(F)cc1)NCCC(C)C.I. The first kappa shape index (κ1) is 22.6. The van der Waals surface area contributed by atoms with Crippen LogP contribution in [-0.2, 0) is 11.2 Å². The van der Waals surface area contributed by atoms with Gasteiger partial charge in [-0.15, -0.1) is 24.0 Å². The molecule has 0 saturated heterocycles. The minimum atomic E-state index is -0.297. The molecule has 5 nitrogen and oxygen atoms in total. The minimum Gasteiger partial charge on any atom is -0.356 e. The molecule has 0 heterocycles. The van der Waals surface area contributed by atoms with E-state index in [4.69, 9.17) is 0 Å². The summed E-state index contributed by atoms with van der Waals surface area (Å²) in [6.07, 6.45) is 1.33. The molecule has 1 aromatic carbocycles. The van der Waals surface area contributed by atoms with E-state index in [1.807, 2.05) is 0 Å². The molecule has 0 unspecified atom stereocenters. The summed E-state index contributed by atoms with van der Waals surface area (Å²) in [4.78, 5) is 15.9. The number of nitrogens with zero attached hydrogens (tertiary/aromatic N) is 1. The van der Waals surface area contributed by atoms with Crippen LogP contribution >= 0.6 is 24.0 Å². The fourth-order valence-corrected chi connectivity index (χ4v) is 1.93. The van der Waals surface area contributed by atoms with Crippen molar-refractivity contribution in [3.8, 4) is 0 Å². The number of hydrogen-bond donors (Lipinski definition) is 3. The number of guanidine groups is 1. The smallest absolute Gasteiger partial charge is 0.224 e. The molecule has 0 fully saturated rings. The maximum atomic E-state index is 12.8. The summed E-state index contributed by atoms with van der Waals surface area (Å²) < 4.78 is 12.8. The second-order valence-electron chi connectivity index (χ2n) is 5.76. The summed E-state index contributed by atoms with van der Waals surface area (Å²) in [5, 5.41) is 9.19. The van der Waals surface area contributed by atoms with Crippen molar-refractivity contribution in [1.29, 1.82) is 0 Å². The number of amides is 1. The first-order chi connectivity index (χ1) is 11.0. The molecule has 1 rings (SSSR count). The standard InChI is InChI=1S/C17H27FN4O.HI/c1-13(2)8-9-21-17(19-3)22-11-10-20-16(23)12-14-4-6-15(18)7-5-14;/h4-7,13H,8-12H2,1-3H3,(H,20,23)(H2,19,21,22);1H. The molecule has 1 amide bonds. The molecule has 0 bridgehead atoms. The van der Waals surface area contributed by atoms with E-state index < -0.39 is 0 Å². The van der Waals surface area contributed by atoms with Gasteiger partial charge in [-0.05, 0) is 30.0 Å². The van der Waals surface area contributed by atoms with Gasteiger partial charge in [0.1, 0.15) is 5.82 Å². The van der Waals surface area contributed by atoms with Gasteiger partial charge in [0.25, 0.3) is 0 Å². The Bertz CT molecular complexity index is 506. The largest absolute Gasteiger partial charge is 0.356 e. The zero-order valence-corrected chi connectivity index (χ0v) is 16.9.